The van der Waals surface area contributed by atoms with E-state index in [1.165, 1.54) is 7.11 Å². The van der Waals surface area contributed by atoms with E-state index in [4.69, 9.17) is 4.74 Å². The Labute approximate surface area is 122 Å². The maximum absolute atomic E-state index is 12.1. The van der Waals surface area contributed by atoms with Crippen molar-refractivity contribution in [3.63, 3.8) is 0 Å². The third-order valence-electron chi connectivity index (χ3n) is 3.99. The highest BCUT2D eigenvalue weighted by Gasteiger charge is 2.31. The van der Waals surface area contributed by atoms with Crippen LogP contribution in [-0.4, -0.2) is 49.6 Å². The molecule has 1 saturated heterocycles. The lowest BCUT2D eigenvalue weighted by Crippen LogP contribution is -2.50. The van der Waals surface area contributed by atoms with Crippen LogP contribution in [0.2, 0.25) is 0 Å². The van der Waals surface area contributed by atoms with Gasteiger partial charge in [-0.05, 0) is 32.7 Å². The van der Waals surface area contributed by atoms with Crippen LogP contribution >= 0.6 is 0 Å². The van der Waals surface area contributed by atoms with Crippen molar-refractivity contribution in [3.05, 3.63) is 0 Å². The number of hydrogen-bond donors (Lipinski definition) is 1. The van der Waals surface area contributed by atoms with Crippen molar-refractivity contribution in [2.45, 2.75) is 52.0 Å². The summed E-state index contributed by atoms with van der Waals surface area (Å²) in [4.78, 5) is 25.8. The number of methoxy groups -OCH3 is 1. The Morgan fingerprint density at radius 3 is 2.80 bits per heavy atom. The molecule has 0 radical (unpaired) electrons. The number of amides is 1. The molecule has 5 heteroatoms. The van der Waals surface area contributed by atoms with E-state index in [1.807, 2.05) is 6.92 Å². The van der Waals surface area contributed by atoms with Gasteiger partial charge in [-0.2, -0.15) is 0 Å². The molecule has 1 amide bonds. The molecule has 2 atom stereocenters. The lowest BCUT2D eigenvalue weighted by atomic mass is 9.97. The van der Waals surface area contributed by atoms with Crippen LogP contribution < -0.4 is 5.32 Å². The van der Waals surface area contributed by atoms with E-state index in [0.717, 1.165) is 45.2 Å². The lowest BCUT2D eigenvalue weighted by molar-refractivity contribution is -0.148. The average Bonchev–Trinajstić information content (AvgIpc) is 2.49. The molecule has 0 aliphatic carbocycles. The zero-order valence-corrected chi connectivity index (χ0v) is 13.0. The molecule has 1 aliphatic heterocycles. The SMILES string of the molecule is CCCCCNC(=O)C(C)N1CCCC(C(=O)OC)C1. The number of rotatable bonds is 7. The number of nitrogens with zero attached hydrogens (tertiary/aromatic N) is 1. The quantitative estimate of drug-likeness (QED) is 0.569. The molecule has 0 saturated carbocycles. The van der Waals surface area contributed by atoms with E-state index in [9.17, 15) is 9.59 Å². The number of unbranched alkanes of at least 4 members (excludes halogenated alkanes) is 2. The Morgan fingerprint density at radius 2 is 2.15 bits per heavy atom. The van der Waals surface area contributed by atoms with Crippen LogP contribution in [0.15, 0.2) is 0 Å². The lowest BCUT2D eigenvalue weighted by Gasteiger charge is -2.34. The second-order valence-corrected chi connectivity index (χ2v) is 5.53. The molecule has 1 aliphatic rings. The van der Waals surface area contributed by atoms with E-state index >= 15 is 0 Å². The predicted octanol–water partition coefficient (Wildman–Crippen LogP) is 1.57. The molecule has 0 aromatic rings. The van der Waals surface area contributed by atoms with Crippen LogP contribution in [0.1, 0.15) is 46.0 Å². The fourth-order valence-corrected chi connectivity index (χ4v) is 2.62. The smallest absolute Gasteiger partial charge is 0.309 e. The topological polar surface area (TPSA) is 58.6 Å². The van der Waals surface area contributed by atoms with Gasteiger partial charge < -0.3 is 10.1 Å². The Kier molecular flexibility index (Phi) is 7.59. The van der Waals surface area contributed by atoms with Gasteiger partial charge in [-0.15, -0.1) is 0 Å². The van der Waals surface area contributed by atoms with Gasteiger partial charge in [0.2, 0.25) is 5.91 Å². The van der Waals surface area contributed by atoms with E-state index in [2.05, 4.69) is 17.1 Å². The summed E-state index contributed by atoms with van der Waals surface area (Å²) in [6.45, 7) is 6.29. The van der Waals surface area contributed by atoms with Crippen molar-refractivity contribution in [2.24, 2.45) is 5.92 Å². The zero-order chi connectivity index (χ0) is 15.0. The summed E-state index contributed by atoms with van der Waals surface area (Å²) in [6, 6.07) is -0.177. The highest BCUT2D eigenvalue weighted by molar-refractivity contribution is 5.81. The largest absolute Gasteiger partial charge is 0.469 e. The number of carbonyl (C=O) groups is 2. The minimum atomic E-state index is -0.177. The van der Waals surface area contributed by atoms with Gasteiger partial charge >= 0.3 is 5.97 Å². The molecule has 0 aromatic carbocycles. The van der Waals surface area contributed by atoms with Crippen LogP contribution in [0, 0.1) is 5.92 Å². The van der Waals surface area contributed by atoms with Crippen LogP contribution in [-0.2, 0) is 14.3 Å². The molecule has 0 bridgehead atoms. The fraction of sp³-hybridized carbons (Fsp3) is 0.867. The first-order valence-electron chi connectivity index (χ1n) is 7.69. The van der Waals surface area contributed by atoms with E-state index in [-0.39, 0.29) is 23.8 Å². The number of ether oxygens (including phenoxy) is 1. The fourth-order valence-electron chi connectivity index (χ4n) is 2.62. The summed E-state index contributed by atoms with van der Waals surface area (Å²) in [6.07, 6.45) is 5.11. The number of esters is 1. The van der Waals surface area contributed by atoms with Crippen LogP contribution in [0.4, 0.5) is 0 Å². The molecular formula is C15H28N2O3. The molecule has 1 rings (SSSR count). The average molecular weight is 284 g/mol. The Hall–Kier alpha value is -1.10. The molecule has 1 N–H and O–H groups in total. The summed E-state index contributed by atoms with van der Waals surface area (Å²) in [7, 11) is 1.42. The molecule has 0 spiro atoms. The molecule has 2 unspecified atom stereocenters. The second kappa shape index (κ2) is 8.95. The Bertz CT molecular complexity index is 320. The van der Waals surface area contributed by atoms with E-state index in [0.29, 0.717) is 6.54 Å². The first-order valence-corrected chi connectivity index (χ1v) is 7.69. The summed E-state index contributed by atoms with van der Waals surface area (Å²) in [5, 5.41) is 2.98. The number of hydrogen-bond acceptors (Lipinski definition) is 4. The highest BCUT2D eigenvalue weighted by Crippen LogP contribution is 2.19. The number of likely N-dealkylation sites (tertiary alicyclic amines) is 1. The van der Waals surface area contributed by atoms with Gasteiger partial charge in [0.15, 0.2) is 0 Å². The van der Waals surface area contributed by atoms with Gasteiger partial charge in [-0.25, -0.2) is 0 Å². The normalized spacial score (nSPS) is 21.2. The minimum Gasteiger partial charge on any atom is -0.469 e. The zero-order valence-electron chi connectivity index (χ0n) is 13.0. The molecule has 5 nitrogen and oxygen atoms in total. The van der Waals surface area contributed by atoms with Crippen LogP contribution in [0.25, 0.3) is 0 Å². The second-order valence-electron chi connectivity index (χ2n) is 5.53. The molecule has 116 valence electrons. The van der Waals surface area contributed by atoms with Gasteiger partial charge in [-0.3, -0.25) is 14.5 Å². The summed E-state index contributed by atoms with van der Waals surface area (Å²) >= 11 is 0. The first-order chi connectivity index (χ1) is 9.60. The van der Waals surface area contributed by atoms with E-state index < -0.39 is 0 Å². The van der Waals surface area contributed by atoms with Gasteiger partial charge in [0.05, 0.1) is 19.1 Å². The van der Waals surface area contributed by atoms with Crippen molar-refractivity contribution < 1.29 is 14.3 Å². The third kappa shape index (κ3) is 5.12. The van der Waals surface area contributed by atoms with Crippen molar-refractivity contribution >= 4 is 11.9 Å². The van der Waals surface area contributed by atoms with Crippen molar-refractivity contribution in [1.82, 2.24) is 10.2 Å². The Morgan fingerprint density at radius 1 is 1.40 bits per heavy atom. The highest BCUT2D eigenvalue weighted by atomic mass is 16.5. The number of nitrogens with one attached hydrogen (secondary N) is 1. The Balaban J connectivity index is 2.39. The summed E-state index contributed by atoms with van der Waals surface area (Å²) in [5.74, 6) is -0.194. The van der Waals surface area contributed by atoms with Crippen molar-refractivity contribution in [2.75, 3.05) is 26.7 Å². The van der Waals surface area contributed by atoms with Crippen molar-refractivity contribution in [1.29, 1.82) is 0 Å². The minimum absolute atomic E-state index is 0.0617. The molecule has 0 aromatic heterocycles. The molecule has 1 fully saturated rings. The maximum Gasteiger partial charge on any atom is 0.309 e. The van der Waals surface area contributed by atoms with Gasteiger partial charge in [0, 0.05) is 13.1 Å². The van der Waals surface area contributed by atoms with Crippen molar-refractivity contribution in [3.8, 4) is 0 Å². The monoisotopic (exact) mass is 284 g/mol. The number of carbonyl (C=O) groups excluding carboxylic acids is 2. The molecule has 20 heavy (non-hydrogen) atoms. The first kappa shape index (κ1) is 17.0. The number of piperidine rings is 1. The predicted molar refractivity (Wildman–Crippen MR) is 78.3 cm³/mol. The standard InChI is InChI=1S/C15H28N2O3/c1-4-5-6-9-16-14(18)12(2)17-10-7-8-13(11-17)15(19)20-3/h12-13H,4-11H2,1-3H3,(H,16,18). The van der Waals surface area contributed by atoms with Gasteiger partial charge in [0.25, 0.3) is 0 Å². The van der Waals surface area contributed by atoms with E-state index in [1.54, 1.807) is 0 Å². The van der Waals surface area contributed by atoms with Gasteiger partial charge in [-0.1, -0.05) is 19.8 Å². The third-order valence-corrected chi connectivity index (χ3v) is 3.99. The summed E-state index contributed by atoms with van der Waals surface area (Å²) in [5.41, 5.74) is 0. The maximum atomic E-state index is 12.1. The van der Waals surface area contributed by atoms with Gasteiger partial charge in [0.1, 0.15) is 0 Å². The molecule has 1 heterocycles. The van der Waals surface area contributed by atoms with Crippen LogP contribution in [0.3, 0.4) is 0 Å². The van der Waals surface area contributed by atoms with Crippen LogP contribution in [0.5, 0.6) is 0 Å². The molecular weight excluding hydrogens is 256 g/mol. The summed E-state index contributed by atoms with van der Waals surface area (Å²) < 4.78 is 4.80.